The predicted molar refractivity (Wildman–Crippen MR) is 82.8 cm³/mol. The van der Waals surface area contributed by atoms with Crippen molar-refractivity contribution in [3.8, 4) is 5.75 Å². The van der Waals surface area contributed by atoms with Crippen LogP contribution in [0.25, 0.3) is 0 Å². The van der Waals surface area contributed by atoms with E-state index in [1.165, 1.54) is 0 Å². The predicted octanol–water partition coefficient (Wildman–Crippen LogP) is 4.38. The number of imidazole rings is 1. The zero-order valence-corrected chi connectivity index (χ0v) is 13.5. The molecule has 0 saturated carbocycles. The van der Waals surface area contributed by atoms with Gasteiger partial charge in [-0.15, -0.1) is 0 Å². The third-order valence-electron chi connectivity index (χ3n) is 2.90. The number of benzene rings is 1. The van der Waals surface area contributed by atoms with Gasteiger partial charge in [-0.3, -0.25) is 9.36 Å². The van der Waals surface area contributed by atoms with E-state index in [-0.39, 0.29) is 5.78 Å². The average molecular weight is 327 g/mol. The first-order chi connectivity index (χ1) is 9.79. The van der Waals surface area contributed by atoms with Gasteiger partial charge in [-0.1, -0.05) is 44.0 Å². The lowest BCUT2D eigenvalue weighted by Gasteiger charge is -2.26. The van der Waals surface area contributed by atoms with E-state index in [9.17, 15) is 4.79 Å². The Labute approximate surface area is 133 Å². The van der Waals surface area contributed by atoms with E-state index in [1.807, 2.05) is 20.8 Å². The monoisotopic (exact) mass is 326 g/mol. The standard InChI is InChI=1S/C15H16Cl2N2O2/c1-15(2,3)13(20)14(19-7-6-18-9-19)21-10-4-5-11(16)12(17)8-10/h4-9,14H,1-3H3. The van der Waals surface area contributed by atoms with Gasteiger partial charge in [0.05, 0.1) is 16.4 Å². The summed E-state index contributed by atoms with van der Waals surface area (Å²) in [7, 11) is 0. The van der Waals surface area contributed by atoms with Crippen LogP contribution in [-0.2, 0) is 4.79 Å². The van der Waals surface area contributed by atoms with E-state index in [4.69, 9.17) is 27.9 Å². The summed E-state index contributed by atoms with van der Waals surface area (Å²) < 4.78 is 7.43. The van der Waals surface area contributed by atoms with Crippen molar-refractivity contribution < 1.29 is 9.53 Å². The fraction of sp³-hybridized carbons (Fsp3) is 0.333. The van der Waals surface area contributed by atoms with Gasteiger partial charge in [0.15, 0.2) is 5.78 Å². The van der Waals surface area contributed by atoms with Crippen molar-refractivity contribution in [2.75, 3.05) is 0 Å². The maximum atomic E-state index is 12.6. The van der Waals surface area contributed by atoms with Gasteiger partial charge in [0.1, 0.15) is 5.75 Å². The molecule has 1 heterocycles. The molecule has 0 aliphatic rings. The van der Waals surface area contributed by atoms with E-state index < -0.39 is 11.6 Å². The molecule has 0 N–H and O–H groups in total. The molecule has 0 amide bonds. The summed E-state index contributed by atoms with van der Waals surface area (Å²) in [4.78, 5) is 16.6. The van der Waals surface area contributed by atoms with Crippen LogP contribution in [0.3, 0.4) is 0 Å². The molecule has 0 aliphatic heterocycles. The Bertz CT molecular complexity index is 634. The first-order valence-electron chi connectivity index (χ1n) is 6.42. The largest absolute Gasteiger partial charge is 0.463 e. The number of aromatic nitrogens is 2. The Morgan fingerprint density at radius 2 is 2.00 bits per heavy atom. The van der Waals surface area contributed by atoms with Crippen LogP contribution in [-0.4, -0.2) is 15.3 Å². The fourth-order valence-corrected chi connectivity index (χ4v) is 2.00. The lowest BCUT2D eigenvalue weighted by molar-refractivity contribution is -0.137. The molecule has 1 aromatic carbocycles. The van der Waals surface area contributed by atoms with Crippen LogP contribution in [0, 0.1) is 5.41 Å². The summed E-state index contributed by atoms with van der Waals surface area (Å²) in [6.45, 7) is 5.53. The third kappa shape index (κ3) is 3.77. The molecule has 0 bridgehead atoms. The number of Topliss-reactive ketones (excluding diaryl/α,β-unsaturated/α-hetero) is 1. The van der Waals surface area contributed by atoms with Gasteiger partial charge in [0, 0.05) is 23.9 Å². The van der Waals surface area contributed by atoms with Crippen LogP contribution in [0.4, 0.5) is 0 Å². The van der Waals surface area contributed by atoms with Gasteiger partial charge in [-0.25, -0.2) is 4.98 Å². The van der Waals surface area contributed by atoms with Gasteiger partial charge < -0.3 is 4.74 Å². The summed E-state index contributed by atoms with van der Waals surface area (Å²) in [5.41, 5.74) is -0.550. The molecular weight excluding hydrogens is 311 g/mol. The lowest BCUT2D eigenvalue weighted by atomic mass is 9.89. The molecule has 2 aromatic rings. The van der Waals surface area contributed by atoms with Crippen molar-refractivity contribution in [1.29, 1.82) is 0 Å². The molecule has 0 aliphatic carbocycles. The fourth-order valence-electron chi connectivity index (χ4n) is 1.71. The number of carbonyl (C=O) groups is 1. The minimum atomic E-state index is -0.801. The van der Waals surface area contributed by atoms with Gasteiger partial charge in [-0.2, -0.15) is 0 Å². The number of nitrogens with zero attached hydrogens (tertiary/aromatic N) is 2. The Balaban J connectivity index is 2.32. The zero-order chi connectivity index (χ0) is 15.6. The molecular formula is C15H16Cl2N2O2. The SMILES string of the molecule is CC(C)(C)C(=O)C(Oc1ccc(Cl)c(Cl)c1)n1ccnc1. The highest BCUT2D eigenvalue weighted by atomic mass is 35.5. The van der Waals surface area contributed by atoms with Crippen LogP contribution >= 0.6 is 23.2 Å². The molecule has 1 aromatic heterocycles. The Morgan fingerprint density at radius 1 is 1.29 bits per heavy atom. The normalized spacial score (nSPS) is 13.0. The highest BCUT2D eigenvalue weighted by Gasteiger charge is 2.32. The quantitative estimate of drug-likeness (QED) is 0.837. The summed E-state index contributed by atoms with van der Waals surface area (Å²) in [5.74, 6) is 0.410. The highest BCUT2D eigenvalue weighted by Crippen LogP contribution is 2.30. The van der Waals surface area contributed by atoms with Crippen LogP contribution in [0.2, 0.25) is 10.0 Å². The van der Waals surface area contributed by atoms with Crippen LogP contribution in [0.5, 0.6) is 5.75 Å². The summed E-state index contributed by atoms with van der Waals surface area (Å²) in [6, 6.07) is 4.89. The average Bonchev–Trinajstić information content (AvgIpc) is 2.92. The van der Waals surface area contributed by atoms with Crippen LogP contribution in [0.15, 0.2) is 36.9 Å². The number of halogens is 2. The number of ketones is 1. The number of hydrogen-bond acceptors (Lipinski definition) is 3. The third-order valence-corrected chi connectivity index (χ3v) is 3.64. The van der Waals surface area contributed by atoms with Gasteiger partial charge in [0.25, 0.3) is 0 Å². The maximum absolute atomic E-state index is 12.6. The number of ether oxygens (including phenoxy) is 1. The highest BCUT2D eigenvalue weighted by molar-refractivity contribution is 6.42. The lowest BCUT2D eigenvalue weighted by Crippen LogP contribution is -2.33. The summed E-state index contributed by atoms with van der Waals surface area (Å²) in [5, 5.41) is 0.812. The van der Waals surface area contributed by atoms with Crippen molar-refractivity contribution >= 4 is 29.0 Å². The molecule has 1 unspecified atom stereocenters. The molecule has 4 nitrogen and oxygen atoms in total. The van der Waals surface area contributed by atoms with Crippen molar-refractivity contribution in [3.05, 3.63) is 47.0 Å². The minimum absolute atomic E-state index is 0.0634. The minimum Gasteiger partial charge on any atom is -0.463 e. The number of carbonyl (C=O) groups excluding carboxylic acids is 1. The smallest absolute Gasteiger partial charge is 0.236 e. The Kier molecular flexibility index (Phi) is 4.59. The molecule has 21 heavy (non-hydrogen) atoms. The van der Waals surface area contributed by atoms with Crippen molar-refractivity contribution in [2.45, 2.75) is 27.0 Å². The Morgan fingerprint density at radius 3 is 2.52 bits per heavy atom. The molecule has 1 atom stereocenters. The summed E-state index contributed by atoms with van der Waals surface area (Å²) in [6.07, 6.45) is 4.03. The van der Waals surface area contributed by atoms with Crippen molar-refractivity contribution in [3.63, 3.8) is 0 Å². The molecule has 0 spiro atoms. The van der Waals surface area contributed by atoms with Crippen LogP contribution in [0.1, 0.15) is 27.0 Å². The molecule has 0 saturated heterocycles. The van der Waals surface area contributed by atoms with E-state index in [2.05, 4.69) is 4.98 Å². The van der Waals surface area contributed by atoms with E-state index in [1.54, 1.807) is 41.5 Å². The molecule has 0 fully saturated rings. The van der Waals surface area contributed by atoms with E-state index in [0.717, 1.165) is 0 Å². The molecule has 2 rings (SSSR count). The molecule has 6 heteroatoms. The molecule has 112 valence electrons. The maximum Gasteiger partial charge on any atom is 0.236 e. The first-order valence-corrected chi connectivity index (χ1v) is 7.18. The zero-order valence-electron chi connectivity index (χ0n) is 12.0. The number of rotatable bonds is 4. The van der Waals surface area contributed by atoms with E-state index >= 15 is 0 Å². The van der Waals surface area contributed by atoms with E-state index in [0.29, 0.717) is 15.8 Å². The summed E-state index contributed by atoms with van der Waals surface area (Å²) >= 11 is 11.9. The Hall–Kier alpha value is -1.52. The molecule has 0 radical (unpaired) electrons. The second-order valence-corrected chi connectivity index (χ2v) is 6.48. The van der Waals surface area contributed by atoms with Crippen LogP contribution < -0.4 is 4.74 Å². The topological polar surface area (TPSA) is 44.1 Å². The van der Waals surface area contributed by atoms with Gasteiger partial charge >= 0.3 is 0 Å². The van der Waals surface area contributed by atoms with Gasteiger partial charge in [-0.05, 0) is 12.1 Å². The number of hydrogen-bond donors (Lipinski definition) is 0. The van der Waals surface area contributed by atoms with Crippen molar-refractivity contribution in [1.82, 2.24) is 9.55 Å². The second-order valence-electron chi connectivity index (χ2n) is 5.67. The first kappa shape index (κ1) is 15.9. The van der Waals surface area contributed by atoms with Crippen molar-refractivity contribution in [2.24, 2.45) is 5.41 Å². The van der Waals surface area contributed by atoms with Gasteiger partial charge in [0.2, 0.25) is 6.23 Å². The second kappa shape index (κ2) is 6.08.